The molecule has 3 rings (SSSR count). The number of aromatic nitrogens is 3. The molecule has 1 N–H and O–H groups in total. The normalized spacial score (nSPS) is 15.0. The SMILES string of the molecule is Cc1c(-c2nc(C3CC3)c(C(=O)O)o2)cnn1C. The lowest BCUT2D eigenvalue weighted by Crippen LogP contribution is -1.98. The maximum atomic E-state index is 11.1. The standard InChI is InChI=1S/C12H13N3O3/c1-6-8(5-13-15(6)2)11-14-9(7-3-4-7)10(18-11)12(16)17/h5,7H,3-4H2,1-2H3,(H,16,17). The van der Waals surface area contributed by atoms with E-state index in [4.69, 9.17) is 9.52 Å². The van der Waals surface area contributed by atoms with E-state index >= 15 is 0 Å². The maximum absolute atomic E-state index is 11.1. The van der Waals surface area contributed by atoms with Gasteiger partial charge in [-0.05, 0) is 19.8 Å². The highest BCUT2D eigenvalue weighted by Gasteiger charge is 2.34. The number of carboxylic acids is 1. The van der Waals surface area contributed by atoms with Crippen molar-refractivity contribution in [1.82, 2.24) is 14.8 Å². The highest BCUT2D eigenvalue weighted by Crippen LogP contribution is 2.42. The van der Waals surface area contributed by atoms with Crippen LogP contribution in [0.25, 0.3) is 11.5 Å². The van der Waals surface area contributed by atoms with Crippen molar-refractivity contribution in [3.63, 3.8) is 0 Å². The van der Waals surface area contributed by atoms with Gasteiger partial charge in [-0.1, -0.05) is 0 Å². The van der Waals surface area contributed by atoms with Gasteiger partial charge in [-0.25, -0.2) is 9.78 Å². The van der Waals surface area contributed by atoms with Crippen LogP contribution in [0.1, 0.15) is 40.7 Å². The van der Waals surface area contributed by atoms with Gasteiger partial charge in [0.1, 0.15) is 0 Å². The van der Waals surface area contributed by atoms with E-state index in [1.54, 1.807) is 10.9 Å². The van der Waals surface area contributed by atoms with Gasteiger partial charge in [0.15, 0.2) is 0 Å². The quantitative estimate of drug-likeness (QED) is 0.896. The second-order valence-corrected chi connectivity index (χ2v) is 4.58. The number of aryl methyl sites for hydroxylation is 1. The summed E-state index contributed by atoms with van der Waals surface area (Å²) in [5.74, 6) is -0.501. The van der Waals surface area contributed by atoms with Crippen LogP contribution in [-0.2, 0) is 7.05 Å². The molecular weight excluding hydrogens is 234 g/mol. The lowest BCUT2D eigenvalue weighted by Gasteiger charge is -1.94. The van der Waals surface area contributed by atoms with Crippen molar-refractivity contribution in [3.8, 4) is 11.5 Å². The van der Waals surface area contributed by atoms with Gasteiger partial charge in [-0.3, -0.25) is 4.68 Å². The van der Waals surface area contributed by atoms with Crippen LogP contribution in [-0.4, -0.2) is 25.8 Å². The molecule has 2 aromatic rings. The van der Waals surface area contributed by atoms with Gasteiger partial charge >= 0.3 is 5.97 Å². The van der Waals surface area contributed by atoms with Crippen molar-refractivity contribution in [2.75, 3.05) is 0 Å². The van der Waals surface area contributed by atoms with E-state index in [2.05, 4.69) is 10.1 Å². The number of carboxylic acid groups (broad SMARTS) is 1. The topological polar surface area (TPSA) is 81.2 Å². The number of hydrogen-bond donors (Lipinski definition) is 1. The van der Waals surface area contributed by atoms with Gasteiger partial charge in [-0.15, -0.1) is 0 Å². The predicted octanol–water partition coefficient (Wildman–Crippen LogP) is 1.96. The van der Waals surface area contributed by atoms with Crippen molar-refractivity contribution in [2.24, 2.45) is 7.05 Å². The highest BCUT2D eigenvalue weighted by molar-refractivity contribution is 5.86. The van der Waals surface area contributed by atoms with Crippen LogP contribution in [0.15, 0.2) is 10.6 Å². The van der Waals surface area contributed by atoms with E-state index in [1.165, 1.54) is 0 Å². The van der Waals surface area contributed by atoms with Crippen LogP contribution in [0.4, 0.5) is 0 Å². The summed E-state index contributed by atoms with van der Waals surface area (Å²) < 4.78 is 7.10. The van der Waals surface area contributed by atoms with Crippen molar-refractivity contribution in [3.05, 3.63) is 23.3 Å². The molecule has 0 bridgehead atoms. The summed E-state index contributed by atoms with van der Waals surface area (Å²) >= 11 is 0. The minimum absolute atomic E-state index is 0.0317. The summed E-state index contributed by atoms with van der Waals surface area (Å²) in [6, 6.07) is 0. The molecule has 18 heavy (non-hydrogen) atoms. The Morgan fingerprint density at radius 2 is 2.28 bits per heavy atom. The largest absolute Gasteiger partial charge is 0.475 e. The summed E-state index contributed by atoms with van der Waals surface area (Å²) in [4.78, 5) is 15.5. The Kier molecular flexibility index (Phi) is 2.26. The third kappa shape index (κ3) is 1.61. The van der Waals surface area contributed by atoms with Crippen LogP contribution < -0.4 is 0 Å². The van der Waals surface area contributed by atoms with Crippen molar-refractivity contribution in [1.29, 1.82) is 0 Å². The summed E-state index contributed by atoms with van der Waals surface area (Å²) in [7, 11) is 1.82. The minimum atomic E-state index is -1.06. The zero-order chi connectivity index (χ0) is 12.9. The van der Waals surface area contributed by atoms with E-state index in [0.29, 0.717) is 11.6 Å². The van der Waals surface area contributed by atoms with E-state index in [0.717, 1.165) is 24.1 Å². The summed E-state index contributed by atoms with van der Waals surface area (Å²) in [6.07, 6.45) is 3.61. The van der Waals surface area contributed by atoms with Crippen LogP contribution >= 0.6 is 0 Å². The number of aromatic carboxylic acids is 1. The second kappa shape index (κ2) is 3.69. The first kappa shape index (κ1) is 11.0. The number of oxazole rings is 1. The zero-order valence-electron chi connectivity index (χ0n) is 10.2. The summed E-state index contributed by atoms with van der Waals surface area (Å²) in [6.45, 7) is 1.89. The van der Waals surface area contributed by atoms with E-state index in [9.17, 15) is 4.79 Å². The van der Waals surface area contributed by atoms with Crippen LogP contribution in [0.3, 0.4) is 0 Å². The molecule has 1 fully saturated rings. The van der Waals surface area contributed by atoms with Crippen LogP contribution in [0.5, 0.6) is 0 Å². The molecule has 2 aromatic heterocycles. The second-order valence-electron chi connectivity index (χ2n) is 4.58. The molecule has 0 atom stereocenters. The summed E-state index contributed by atoms with van der Waals surface area (Å²) in [5, 5.41) is 13.2. The fourth-order valence-electron chi connectivity index (χ4n) is 1.94. The lowest BCUT2D eigenvalue weighted by molar-refractivity contribution is 0.0661. The van der Waals surface area contributed by atoms with E-state index < -0.39 is 5.97 Å². The Hall–Kier alpha value is -2.11. The van der Waals surface area contributed by atoms with Gasteiger partial charge in [0.05, 0.1) is 17.5 Å². The van der Waals surface area contributed by atoms with Crippen molar-refractivity contribution < 1.29 is 14.3 Å². The molecular formula is C12H13N3O3. The molecule has 94 valence electrons. The fraction of sp³-hybridized carbons (Fsp3) is 0.417. The Bertz CT molecular complexity index is 623. The molecule has 1 aliphatic carbocycles. The van der Waals surface area contributed by atoms with E-state index in [1.807, 2.05) is 14.0 Å². The molecule has 0 radical (unpaired) electrons. The van der Waals surface area contributed by atoms with E-state index in [-0.39, 0.29) is 11.7 Å². The molecule has 1 aliphatic rings. The molecule has 0 aromatic carbocycles. The van der Waals surface area contributed by atoms with Gasteiger partial charge in [-0.2, -0.15) is 5.10 Å². The van der Waals surface area contributed by atoms with Crippen LogP contribution in [0, 0.1) is 6.92 Å². The molecule has 1 saturated carbocycles. The summed E-state index contributed by atoms with van der Waals surface area (Å²) in [5.41, 5.74) is 2.21. The number of hydrogen-bond acceptors (Lipinski definition) is 4. The monoisotopic (exact) mass is 247 g/mol. The predicted molar refractivity (Wildman–Crippen MR) is 62.4 cm³/mol. The van der Waals surface area contributed by atoms with Gasteiger partial charge in [0, 0.05) is 18.7 Å². The number of carbonyl (C=O) groups is 1. The van der Waals surface area contributed by atoms with Gasteiger partial charge in [0.2, 0.25) is 11.7 Å². The maximum Gasteiger partial charge on any atom is 0.373 e. The number of nitrogens with zero attached hydrogens (tertiary/aromatic N) is 3. The first-order valence-corrected chi connectivity index (χ1v) is 5.81. The molecule has 0 saturated heterocycles. The molecule has 6 nitrogen and oxygen atoms in total. The molecule has 0 unspecified atom stereocenters. The Morgan fingerprint density at radius 1 is 1.56 bits per heavy atom. The number of rotatable bonds is 3. The smallest absolute Gasteiger partial charge is 0.373 e. The highest BCUT2D eigenvalue weighted by atomic mass is 16.4. The van der Waals surface area contributed by atoms with Crippen LogP contribution in [0.2, 0.25) is 0 Å². The van der Waals surface area contributed by atoms with Crippen molar-refractivity contribution in [2.45, 2.75) is 25.7 Å². The van der Waals surface area contributed by atoms with Crippen molar-refractivity contribution >= 4 is 5.97 Å². The molecule has 0 aliphatic heterocycles. The molecule has 2 heterocycles. The Morgan fingerprint density at radius 3 is 2.78 bits per heavy atom. The first-order chi connectivity index (χ1) is 8.58. The lowest BCUT2D eigenvalue weighted by atomic mass is 10.2. The average Bonchev–Trinajstić information content (AvgIpc) is 3.00. The van der Waals surface area contributed by atoms with Gasteiger partial charge in [0.25, 0.3) is 0 Å². The molecule has 6 heteroatoms. The Balaban J connectivity index is 2.10. The first-order valence-electron chi connectivity index (χ1n) is 5.81. The average molecular weight is 247 g/mol. The molecule has 0 spiro atoms. The minimum Gasteiger partial charge on any atom is -0.475 e. The van der Waals surface area contributed by atoms with Gasteiger partial charge < -0.3 is 9.52 Å². The third-order valence-corrected chi connectivity index (χ3v) is 3.28. The zero-order valence-corrected chi connectivity index (χ0v) is 10.2. The third-order valence-electron chi connectivity index (χ3n) is 3.28. The Labute approximate surface area is 103 Å². The molecule has 0 amide bonds. The fourth-order valence-corrected chi connectivity index (χ4v) is 1.94.